The van der Waals surface area contributed by atoms with E-state index < -0.39 is 0 Å². The molecule has 7 heteroatoms. The molecule has 0 saturated heterocycles. The van der Waals surface area contributed by atoms with Crippen molar-refractivity contribution in [2.24, 2.45) is 0 Å². The van der Waals surface area contributed by atoms with Crippen molar-refractivity contribution < 1.29 is 9.47 Å². The molecular weight excluding hydrogens is 352 g/mol. The lowest BCUT2D eigenvalue weighted by atomic mass is 10.2. The fraction of sp³-hybridized carbons (Fsp3) is 0.263. The predicted molar refractivity (Wildman–Crippen MR) is 102 cm³/mol. The average molecular weight is 371 g/mol. The fourth-order valence-corrected chi connectivity index (χ4v) is 2.92. The first kappa shape index (κ1) is 17.9. The largest absolute Gasteiger partial charge is 0.497 e. The van der Waals surface area contributed by atoms with Gasteiger partial charge in [0, 0.05) is 29.8 Å². The number of hydrogen-bond donors (Lipinski definition) is 2. The van der Waals surface area contributed by atoms with E-state index in [-0.39, 0.29) is 5.69 Å². The van der Waals surface area contributed by atoms with Crippen molar-refractivity contribution >= 4 is 28.3 Å². The monoisotopic (exact) mass is 370 g/mol. The van der Waals surface area contributed by atoms with Crippen molar-refractivity contribution in [1.29, 1.82) is 5.26 Å². The van der Waals surface area contributed by atoms with Crippen molar-refractivity contribution in [2.45, 2.75) is 12.8 Å². The molecule has 0 aliphatic carbocycles. The minimum absolute atomic E-state index is 0.230. The molecule has 0 aliphatic rings. The number of nitriles is 1. The number of fused-ring (bicyclic) bond motifs is 1. The van der Waals surface area contributed by atoms with Crippen LogP contribution in [0.3, 0.4) is 0 Å². The molecule has 134 valence electrons. The van der Waals surface area contributed by atoms with Gasteiger partial charge in [0.05, 0.1) is 24.8 Å². The Balaban J connectivity index is 1.62. The third-order valence-corrected chi connectivity index (χ3v) is 4.37. The molecule has 6 nitrogen and oxygen atoms in total. The Bertz CT molecular complexity index is 962. The number of aromatic nitrogens is 2. The Morgan fingerprint density at radius 3 is 2.81 bits per heavy atom. The van der Waals surface area contributed by atoms with E-state index >= 15 is 0 Å². The van der Waals surface area contributed by atoms with Gasteiger partial charge in [0.25, 0.3) is 0 Å². The maximum atomic E-state index is 8.96. The molecule has 3 rings (SSSR count). The third kappa shape index (κ3) is 3.84. The number of H-pyrrole nitrogens is 1. The van der Waals surface area contributed by atoms with Gasteiger partial charge in [0.15, 0.2) is 5.69 Å². The highest BCUT2D eigenvalue weighted by Crippen LogP contribution is 2.31. The summed E-state index contributed by atoms with van der Waals surface area (Å²) in [6, 6.07) is 11.4. The standard InChI is InChI=1S/C19H19ClN4O2/c1-25-13-9-16-14(18(10-13)26-2)8-12(23-16)4-3-7-22-19-6-5-15(20)17(11-21)24-19/h5-6,8-10,23H,3-4,7H2,1-2H3,(H,22,24). The Hall–Kier alpha value is -2.91. The van der Waals surface area contributed by atoms with Crippen LogP contribution in [0.4, 0.5) is 5.82 Å². The molecule has 0 amide bonds. The number of anilines is 1. The smallest absolute Gasteiger partial charge is 0.161 e. The van der Waals surface area contributed by atoms with E-state index in [0.29, 0.717) is 10.8 Å². The number of pyridine rings is 1. The topological polar surface area (TPSA) is 83.0 Å². The van der Waals surface area contributed by atoms with Gasteiger partial charge in [0.1, 0.15) is 23.4 Å². The Morgan fingerprint density at radius 2 is 2.08 bits per heavy atom. The molecule has 0 unspecified atom stereocenters. The summed E-state index contributed by atoms with van der Waals surface area (Å²) in [5.41, 5.74) is 2.34. The van der Waals surface area contributed by atoms with E-state index in [2.05, 4.69) is 21.4 Å². The van der Waals surface area contributed by atoms with Gasteiger partial charge in [-0.3, -0.25) is 0 Å². The number of benzene rings is 1. The molecule has 0 aliphatic heterocycles. The summed E-state index contributed by atoms with van der Waals surface area (Å²) in [7, 11) is 3.29. The van der Waals surface area contributed by atoms with E-state index in [9.17, 15) is 0 Å². The molecule has 2 heterocycles. The number of hydrogen-bond acceptors (Lipinski definition) is 5. The molecule has 0 saturated carbocycles. The molecular formula is C19H19ClN4O2. The zero-order valence-electron chi connectivity index (χ0n) is 14.6. The van der Waals surface area contributed by atoms with Crippen molar-refractivity contribution in [3.05, 3.63) is 46.7 Å². The molecule has 0 bridgehead atoms. The van der Waals surface area contributed by atoms with Gasteiger partial charge in [0.2, 0.25) is 0 Å². The number of nitrogens with one attached hydrogen (secondary N) is 2. The minimum atomic E-state index is 0.230. The second-order valence-electron chi connectivity index (χ2n) is 5.75. The summed E-state index contributed by atoms with van der Waals surface area (Å²) >= 11 is 5.89. The van der Waals surface area contributed by atoms with Crippen molar-refractivity contribution in [2.75, 3.05) is 26.1 Å². The second kappa shape index (κ2) is 7.98. The van der Waals surface area contributed by atoms with Crippen LogP contribution in [0.5, 0.6) is 11.5 Å². The molecule has 0 fully saturated rings. The maximum Gasteiger partial charge on any atom is 0.161 e. The Morgan fingerprint density at radius 1 is 1.23 bits per heavy atom. The summed E-state index contributed by atoms with van der Waals surface area (Å²) in [6.45, 7) is 0.731. The summed E-state index contributed by atoms with van der Waals surface area (Å²) in [4.78, 5) is 7.57. The summed E-state index contributed by atoms with van der Waals surface area (Å²) in [5.74, 6) is 2.19. The summed E-state index contributed by atoms with van der Waals surface area (Å²) in [5, 5.41) is 13.6. The molecule has 1 aromatic carbocycles. The first-order valence-corrected chi connectivity index (χ1v) is 8.56. The molecule has 2 N–H and O–H groups in total. The van der Waals surface area contributed by atoms with Crippen LogP contribution in [0.1, 0.15) is 17.8 Å². The van der Waals surface area contributed by atoms with Gasteiger partial charge in [-0.05, 0) is 31.0 Å². The van der Waals surface area contributed by atoms with Crippen LogP contribution in [0.2, 0.25) is 5.02 Å². The van der Waals surface area contributed by atoms with E-state index in [1.165, 1.54) is 0 Å². The fourth-order valence-electron chi connectivity index (χ4n) is 2.77. The van der Waals surface area contributed by atoms with E-state index in [1.807, 2.05) is 18.2 Å². The third-order valence-electron chi connectivity index (χ3n) is 4.07. The molecule has 0 spiro atoms. The lowest BCUT2D eigenvalue weighted by molar-refractivity contribution is 0.398. The van der Waals surface area contributed by atoms with Crippen LogP contribution in [0.15, 0.2) is 30.3 Å². The maximum absolute atomic E-state index is 8.96. The quantitative estimate of drug-likeness (QED) is 0.610. The van der Waals surface area contributed by atoms with Gasteiger partial charge in [-0.25, -0.2) is 4.98 Å². The SMILES string of the molecule is COc1cc(OC)c2cc(CCCNc3ccc(Cl)c(C#N)n3)[nH]c2c1. The van der Waals surface area contributed by atoms with Crippen LogP contribution in [-0.2, 0) is 6.42 Å². The van der Waals surface area contributed by atoms with Crippen LogP contribution in [-0.4, -0.2) is 30.7 Å². The van der Waals surface area contributed by atoms with Gasteiger partial charge in [-0.15, -0.1) is 0 Å². The van der Waals surface area contributed by atoms with Crippen LogP contribution >= 0.6 is 11.6 Å². The van der Waals surface area contributed by atoms with Crippen molar-refractivity contribution in [3.63, 3.8) is 0 Å². The first-order valence-electron chi connectivity index (χ1n) is 8.18. The van der Waals surface area contributed by atoms with Gasteiger partial charge >= 0.3 is 0 Å². The van der Waals surface area contributed by atoms with E-state index in [4.69, 9.17) is 26.3 Å². The molecule has 26 heavy (non-hydrogen) atoms. The molecule has 0 radical (unpaired) electrons. The summed E-state index contributed by atoms with van der Waals surface area (Å²) < 4.78 is 10.7. The van der Waals surface area contributed by atoms with Gasteiger partial charge in [-0.1, -0.05) is 11.6 Å². The number of aromatic amines is 1. The van der Waals surface area contributed by atoms with Crippen LogP contribution in [0.25, 0.3) is 10.9 Å². The number of aryl methyl sites for hydroxylation is 1. The number of ether oxygens (including phenoxy) is 2. The van der Waals surface area contributed by atoms with E-state index in [0.717, 1.165) is 47.5 Å². The lowest BCUT2D eigenvalue weighted by Gasteiger charge is -2.05. The van der Waals surface area contributed by atoms with Gasteiger partial charge in [-0.2, -0.15) is 5.26 Å². The van der Waals surface area contributed by atoms with Crippen molar-refractivity contribution in [1.82, 2.24) is 9.97 Å². The summed E-state index contributed by atoms with van der Waals surface area (Å²) in [6.07, 6.45) is 1.77. The average Bonchev–Trinajstić information content (AvgIpc) is 3.08. The highest BCUT2D eigenvalue weighted by Gasteiger charge is 2.09. The first-order chi connectivity index (χ1) is 12.6. The normalized spacial score (nSPS) is 10.5. The van der Waals surface area contributed by atoms with Crippen LogP contribution < -0.4 is 14.8 Å². The molecule has 3 aromatic rings. The lowest BCUT2D eigenvalue weighted by Crippen LogP contribution is -2.05. The zero-order chi connectivity index (χ0) is 18.5. The Labute approximate surface area is 156 Å². The molecule has 0 atom stereocenters. The zero-order valence-corrected chi connectivity index (χ0v) is 15.4. The Kier molecular flexibility index (Phi) is 5.49. The molecule has 2 aromatic heterocycles. The van der Waals surface area contributed by atoms with Gasteiger partial charge < -0.3 is 19.8 Å². The highest BCUT2D eigenvalue weighted by atomic mass is 35.5. The second-order valence-corrected chi connectivity index (χ2v) is 6.16. The minimum Gasteiger partial charge on any atom is -0.497 e. The number of nitrogens with zero attached hydrogens (tertiary/aromatic N) is 2. The van der Waals surface area contributed by atoms with E-state index in [1.54, 1.807) is 26.4 Å². The van der Waals surface area contributed by atoms with Crippen LogP contribution in [0, 0.1) is 11.3 Å². The van der Waals surface area contributed by atoms with Crippen molar-refractivity contribution in [3.8, 4) is 17.6 Å². The number of rotatable bonds is 7. The predicted octanol–water partition coefficient (Wildman–Crippen LogP) is 4.15. The highest BCUT2D eigenvalue weighted by molar-refractivity contribution is 6.31. The number of methoxy groups -OCH3 is 2. The number of halogens is 1.